The molecule has 148 valence electrons. The van der Waals surface area contributed by atoms with Crippen molar-refractivity contribution in [2.24, 2.45) is 0 Å². The molecule has 1 amide bonds. The van der Waals surface area contributed by atoms with E-state index in [2.05, 4.69) is 10.6 Å². The molecule has 0 bridgehead atoms. The summed E-state index contributed by atoms with van der Waals surface area (Å²) in [5.41, 5.74) is 4.18. The maximum atomic E-state index is 12.0. The fraction of sp³-hybridized carbons (Fsp3) is 0.318. The lowest BCUT2D eigenvalue weighted by Crippen LogP contribution is -2.34. The Kier molecular flexibility index (Phi) is 8.62. The van der Waals surface area contributed by atoms with Crippen molar-refractivity contribution >= 4 is 34.9 Å². The van der Waals surface area contributed by atoms with Gasteiger partial charge in [-0.2, -0.15) is 0 Å². The predicted molar refractivity (Wildman–Crippen MR) is 115 cm³/mol. The number of amides is 1. The molecule has 0 radical (unpaired) electrons. The highest BCUT2D eigenvalue weighted by atomic mass is 32.1. The minimum absolute atomic E-state index is 0.0310. The number of hydrogen-bond donors (Lipinski definition) is 2. The third-order valence-electron chi connectivity index (χ3n) is 4.17. The molecule has 2 rings (SSSR count). The summed E-state index contributed by atoms with van der Waals surface area (Å²) in [7, 11) is 0. The van der Waals surface area contributed by atoms with E-state index in [1.165, 1.54) is 5.56 Å². The molecular weight excluding hydrogens is 372 g/mol. The van der Waals surface area contributed by atoms with Gasteiger partial charge in [0.1, 0.15) is 0 Å². The van der Waals surface area contributed by atoms with E-state index >= 15 is 0 Å². The molecule has 0 aliphatic heterocycles. The summed E-state index contributed by atoms with van der Waals surface area (Å²) >= 11 is 5.17. The normalized spacial score (nSPS) is 10.2. The van der Waals surface area contributed by atoms with Gasteiger partial charge in [-0.25, -0.2) is 0 Å². The van der Waals surface area contributed by atoms with Crippen molar-refractivity contribution in [3.63, 3.8) is 0 Å². The van der Waals surface area contributed by atoms with Crippen molar-refractivity contribution < 1.29 is 14.3 Å². The smallest absolute Gasteiger partial charge is 0.306 e. The average Bonchev–Trinajstić information content (AvgIpc) is 2.67. The predicted octanol–water partition coefficient (Wildman–Crippen LogP) is 4.07. The SMILES string of the molecule is Cc1ccc(C)c(NC(=S)NC(=O)CCC(=O)OCCCc2ccccc2)c1. The number of ether oxygens (including phenoxy) is 1. The number of aryl methyl sites for hydroxylation is 3. The molecule has 2 aromatic carbocycles. The standard InChI is InChI=1S/C22H26N2O3S/c1-16-10-11-17(2)19(15-16)23-22(28)24-20(25)12-13-21(26)27-14-6-9-18-7-4-3-5-8-18/h3-5,7-8,10-11,15H,6,9,12-14H2,1-2H3,(H2,23,24,25,28). The molecule has 0 unspecified atom stereocenters. The summed E-state index contributed by atoms with van der Waals surface area (Å²) < 4.78 is 5.18. The van der Waals surface area contributed by atoms with E-state index in [-0.39, 0.29) is 29.8 Å². The van der Waals surface area contributed by atoms with Crippen molar-refractivity contribution in [3.8, 4) is 0 Å². The first-order chi connectivity index (χ1) is 13.4. The van der Waals surface area contributed by atoms with E-state index in [1.807, 2.05) is 62.4 Å². The van der Waals surface area contributed by atoms with Gasteiger partial charge in [0.25, 0.3) is 0 Å². The molecule has 0 aliphatic rings. The Morgan fingerprint density at radius 3 is 2.54 bits per heavy atom. The van der Waals surface area contributed by atoms with Gasteiger partial charge in [0.2, 0.25) is 5.91 Å². The number of hydrogen-bond acceptors (Lipinski definition) is 4. The highest BCUT2D eigenvalue weighted by Gasteiger charge is 2.10. The van der Waals surface area contributed by atoms with Crippen LogP contribution >= 0.6 is 12.2 Å². The molecule has 0 atom stereocenters. The minimum Gasteiger partial charge on any atom is -0.466 e. The highest BCUT2D eigenvalue weighted by molar-refractivity contribution is 7.80. The number of nitrogens with one attached hydrogen (secondary N) is 2. The van der Waals surface area contributed by atoms with Gasteiger partial charge in [0.05, 0.1) is 13.0 Å². The molecule has 0 saturated heterocycles. The van der Waals surface area contributed by atoms with Gasteiger partial charge in [-0.3, -0.25) is 9.59 Å². The van der Waals surface area contributed by atoms with Crippen LogP contribution in [0.5, 0.6) is 0 Å². The van der Waals surface area contributed by atoms with E-state index in [0.29, 0.717) is 6.61 Å². The monoisotopic (exact) mass is 398 g/mol. The van der Waals surface area contributed by atoms with Crippen LogP contribution in [0.4, 0.5) is 5.69 Å². The maximum absolute atomic E-state index is 12.0. The fourth-order valence-electron chi connectivity index (χ4n) is 2.61. The van der Waals surface area contributed by atoms with E-state index in [0.717, 1.165) is 29.7 Å². The van der Waals surface area contributed by atoms with Gasteiger partial charge in [0.15, 0.2) is 5.11 Å². The molecular formula is C22H26N2O3S. The van der Waals surface area contributed by atoms with Gasteiger partial charge in [-0.15, -0.1) is 0 Å². The van der Waals surface area contributed by atoms with Gasteiger partial charge in [0, 0.05) is 12.1 Å². The Labute approximate surface area is 171 Å². The lowest BCUT2D eigenvalue weighted by Gasteiger charge is -2.12. The molecule has 0 heterocycles. The van der Waals surface area contributed by atoms with Crippen LogP contribution in [0.3, 0.4) is 0 Å². The van der Waals surface area contributed by atoms with Crippen molar-refractivity contribution in [2.45, 2.75) is 39.5 Å². The number of rotatable bonds is 8. The summed E-state index contributed by atoms with van der Waals surface area (Å²) in [5.74, 6) is -0.694. The van der Waals surface area contributed by atoms with Crippen molar-refractivity contribution in [2.75, 3.05) is 11.9 Å². The van der Waals surface area contributed by atoms with Crippen LogP contribution in [0.15, 0.2) is 48.5 Å². The van der Waals surface area contributed by atoms with Crippen molar-refractivity contribution in [3.05, 3.63) is 65.2 Å². The van der Waals surface area contributed by atoms with Crippen molar-refractivity contribution in [1.82, 2.24) is 5.32 Å². The van der Waals surface area contributed by atoms with Crippen LogP contribution in [0, 0.1) is 13.8 Å². The third kappa shape index (κ3) is 7.88. The number of benzene rings is 2. The summed E-state index contributed by atoms with van der Waals surface area (Å²) in [5, 5.41) is 5.82. The second kappa shape index (κ2) is 11.2. The largest absolute Gasteiger partial charge is 0.466 e. The number of carbonyl (C=O) groups excluding carboxylic acids is 2. The molecule has 28 heavy (non-hydrogen) atoms. The average molecular weight is 399 g/mol. The van der Waals surface area contributed by atoms with Gasteiger partial charge in [-0.1, -0.05) is 42.5 Å². The Morgan fingerprint density at radius 1 is 1.04 bits per heavy atom. The maximum Gasteiger partial charge on any atom is 0.306 e. The van der Waals surface area contributed by atoms with Gasteiger partial charge >= 0.3 is 5.97 Å². The Morgan fingerprint density at radius 2 is 1.79 bits per heavy atom. The summed E-state index contributed by atoms with van der Waals surface area (Å²) in [4.78, 5) is 23.7. The van der Waals surface area contributed by atoms with Gasteiger partial charge < -0.3 is 15.4 Å². The van der Waals surface area contributed by atoms with Gasteiger partial charge in [-0.05, 0) is 61.7 Å². The van der Waals surface area contributed by atoms with Crippen LogP contribution in [0.2, 0.25) is 0 Å². The van der Waals surface area contributed by atoms with Crippen LogP contribution in [0.1, 0.15) is 36.0 Å². The topological polar surface area (TPSA) is 67.4 Å². The molecule has 0 aliphatic carbocycles. The molecule has 6 heteroatoms. The quantitative estimate of drug-likeness (QED) is 0.399. The van der Waals surface area contributed by atoms with Crippen molar-refractivity contribution in [1.29, 1.82) is 0 Å². The van der Waals surface area contributed by atoms with Crippen LogP contribution < -0.4 is 10.6 Å². The van der Waals surface area contributed by atoms with E-state index in [9.17, 15) is 9.59 Å². The second-order valence-corrected chi connectivity index (χ2v) is 7.04. The van der Waals surface area contributed by atoms with E-state index in [1.54, 1.807) is 0 Å². The minimum atomic E-state index is -0.378. The number of anilines is 1. The Bertz CT molecular complexity index is 822. The molecule has 0 saturated carbocycles. The second-order valence-electron chi connectivity index (χ2n) is 6.63. The first-order valence-electron chi connectivity index (χ1n) is 9.31. The lowest BCUT2D eigenvalue weighted by molar-refractivity contribution is -0.145. The molecule has 2 N–H and O–H groups in total. The summed E-state index contributed by atoms with van der Waals surface area (Å²) in [6.07, 6.45) is 1.67. The fourth-order valence-corrected chi connectivity index (χ4v) is 2.83. The zero-order valence-corrected chi connectivity index (χ0v) is 17.1. The zero-order chi connectivity index (χ0) is 20.4. The first-order valence-corrected chi connectivity index (χ1v) is 9.72. The Hall–Kier alpha value is -2.73. The first kappa shape index (κ1) is 21.6. The zero-order valence-electron chi connectivity index (χ0n) is 16.3. The number of esters is 1. The van der Waals surface area contributed by atoms with E-state index in [4.69, 9.17) is 17.0 Å². The molecule has 0 fully saturated rings. The molecule has 2 aromatic rings. The lowest BCUT2D eigenvalue weighted by atomic mass is 10.1. The van der Waals surface area contributed by atoms with Crippen LogP contribution in [-0.2, 0) is 20.7 Å². The van der Waals surface area contributed by atoms with E-state index < -0.39 is 0 Å². The molecule has 0 aromatic heterocycles. The van der Waals surface area contributed by atoms with Crippen LogP contribution in [-0.4, -0.2) is 23.6 Å². The third-order valence-corrected chi connectivity index (χ3v) is 4.37. The molecule has 5 nitrogen and oxygen atoms in total. The summed E-state index contributed by atoms with van der Waals surface area (Å²) in [6.45, 7) is 4.29. The number of carbonyl (C=O) groups is 2. The highest BCUT2D eigenvalue weighted by Crippen LogP contribution is 2.16. The number of thiocarbonyl (C=S) groups is 1. The summed E-state index contributed by atoms with van der Waals surface area (Å²) in [6, 6.07) is 16.0. The molecule has 0 spiro atoms. The Balaban J connectivity index is 1.62. The van der Waals surface area contributed by atoms with Crippen LogP contribution in [0.25, 0.3) is 0 Å².